The summed E-state index contributed by atoms with van der Waals surface area (Å²) in [4.78, 5) is 28.6. The Morgan fingerprint density at radius 2 is 1.97 bits per heavy atom. The zero-order valence-corrected chi connectivity index (χ0v) is 19.7. The molecule has 8 heteroatoms. The van der Waals surface area contributed by atoms with Gasteiger partial charge < -0.3 is 15.4 Å². The van der Waals surface area contributed by atoms with Gasteiger partial charge in [-0.25, -0.2) is 0 Å². The number of carbonyl (C=O) groups is 2. The molecule has 1 fully saturated rings. The number of halogens is 1. The number of benzene rings is 2. The lowest BCUT2D eigenvalue weighted by Gasteiger charge is -2.35. The lowest BCUT2D eigenvalue weighted by molar-refractivity contribution is -0.124. The fraction of sp³-hybridized carbons (Fsp3) is 0.417. The van der Waals surface area contributed by atoms with E-state index >= 15 is 0 Å². The third-order valence-corrected chi connectivity index (χ3v) is 7.47. The van der Waals surface area contributed by atoms with Crippen LogP contribution in [0.15, 0.2) is 47.4 Å². The number of nitrogens with one attached hydrogen (secondary N) is 2. The summed E-state index contributed by atoms with van der Waals surface area (Å²) in [6.07, 6.45) is 3.72. The number of hydrogen-bond donors (Lipinski definition) is 2. The second-order valence-electron chi connectivity index (χ2n) is 8.13. The molecule has 2 aliphatic heterocycles. The molecule has 2 amide bonds. The lowest BCUT2D eigenvalue weighted by Crippen LogP contribution is -2.42. The number of nitrogens with zero attached hydrogens (tertiary/aromatic N) is 1. The van der Waals surface area contributed by atoms with Gasteiger partial charge in [-0.1, -0.05) is 30.2 Å². The van der Waals surface area contributed by atoms with Gasteiger partial charge in [0.15, 0.2) is 0 Å². The first kappa shape index (κ1) is 23.0. The molecule has 0 spiro atoms. The molecule has 2 atom stereocenters. The molecule has 170 valence electrons. The van der Waals surface area contributed by atoms with Crippen molar-refractivity contribution in [1.29, 1.82) is 0 Å². The van der Waals surface area contributed by atoms with Crippen LogP contribution < -0.4 is 15.4 Å². The summed E-state index contributed by atoms with van der Waals surface area (Å²) in [5, 5.41) is 6.06. The molecule has 0 aromatic heterocycles. The Morgan fingerprint density at radius 1 is 1.22 bits per heavy atom. The number of fused-ring (bicyclic) bond motifs is 1. The van der Waals surface area contributed by atoms with Crippen molar-refractivity contribution >= 4 is 40.9 Å². The predicted octanol–water partition coefficient (Wildman–Crippen LogP) is 4.49. The number of ether oxygens (including phenoxy) is 1. The first-order valence-corrected chi connectivity index (χ1v) is 12.2. The van der Waals surface area contributed by atoms with E-state index in [0.717, 1.165) is 29.3 Å². The second-order valence-corrected chi connectivity index (χ2v) is 9.81. The van der Waals surface area contributed by atoms with E-state index in [2.05, 4.69) is 27.7 Å². The van der Waals surface area contributed by atoms with Crippen molar-refractivity contribution in [2.24, 2.45) is 0 Å². The van der Waals surface area contributed by atoms with Gasteiger partial charge >= 0.3 is 0 Å². The zero-order valence-electron chi connectivity index (χ0n) is 18.1. The largest absolute Gasteiger partial charge is 0.497 e. The third kappa shape index (κ3) is 5.57. The molecule has 2 N–H and O–H groups in total. The normalized spacial score (nSPS) is 19.6. The number of likely N-dealkylation sites (tertiary alicyclic amines) is 1. The van der Waals surface area contributed by atoms with Gasteiger partial charge in [-0.3, -0.25) is 14.5 Å². The molecule has 0 radical (unpaired) electrons. The summed E-state index contributed by atoms with van der Waals surface area (Å²) in [6, 6.07) is 13.6. The third-order valence-electron chi connectivity index (χ3n) is 5.96. The Balaban J connectivity index is 1.39. The molecule has 2 aliphatic rings. The molecule has 1 saturated heterocycles. The average molecular weight is 474 g/mol. The van der Waals surface area contributed by atoms with Crippen molar-refractivity contribution in [3.05, 3.63) is 53.1 Å². The molecule has 2 aromatic rings. The fourth-order valence-corrected chi connectivity index (χ4v) is 5.48. The molecule has 2 unspecified atom stereocenters. The fourth-order valence-electron chi connectivity index (χ4n) is 4.22. The molecular weight excluding hydrogens is 446 g/mol. The van der Waals surface area contributed by atoms with E-state index in [4.69, 9.17) is 16.3 Å². The highest BCUT2D eigenvalue weighted by Crippen LogP contribution is 2.38. The second kappa shape index (κ2) is 10.6. The minimum absolute atomic E-state index is 0.0980. The zero-order chi connectivity index (χ0) is 22.5. The number of rotatable bonds is 7. The minimum Gasteiger partial charge on any atom is -0.497 e. The van der Waals surface area contributed by atoms with Gasteiger partial charge in [0, 0.05) is 22.9 Å². The summed E-state index contributed by atoms with van der Waals surface area (Å²) in [5.41, 5.74) is 1.86. The SMILES string of the molecule is COc1ccc(C(CNC(=O)CC2Sc3ccc(Cl)cc3NC2=O)N2CCCCC2)cc1. The van der Waals surface area contributed by atoms with E-state index in [-0.39, 0.29) is 24.3 Å². The highest BCUT2D eigenvalue weighted by Gasteiger charge is 2.30. The van der Waals surface area contributed by atoms with Gasteiger partial charge in [-0.15, -0.1) is 11.8 Å². The molecule has 0 aliphatic carbocycles. The van der Waals surface area contributed by atoms with Gasteiger partial charge in [-0.2, -0.15) is 0 Å². The Kier molecular flexibility index (Phi) is 7.60. The smallest absolute Gasteiger partial charge is 0.238 e. The maximum Gasteiger partial charge on any atom is 0.238 e. The van der Waals surface area contributed by atoms with Crippen LogP contribution in [0.1, 0.15) is 37.3 Å². The molecule has 2 heterocycles. The van der Waals surface area contributed by atoms with Crippen LogP contribution in [0.4, 0.5) is 5.69 Å². The summed E-state index contributed by atoms with van der Waals surface area (Å²) in [7, 11) is 1.66. The molecule has 0 saturated carbocycles. The van der Waals surface area contributed by atoms with E-state index < -0.39 is 5.25 Å². The Bertz CT molecular complexity index is 963. The van der Waals surface area contributed by atoms with Gasteiger partial charge in [-0.05, 0) is 61.8 Å². The van der Waals surface area contributed by atoms with Gasteiger partial charge in [0.25, 0.3) is 0 Å². The van der Waals surface area contributed by atoms with Crippen molar-refractivity contribution in [2.45, 2.75) is 41.9 Å². The maximum absolute atomic E-state index is 12.8. The van der Waals surface area contributed by atoms with Crippen molar-refractivity contribution in [1.82, 2.24) is 10.2 Å². The highest BCUT2D eigenvalue weighted by atomic mass is 35.5. The van der Waals surface area contributed by atoms with Crippen LogP contribution in [0.3, 0.4) is 0 Å². The van der Waals surface area contributed by atoms with Gasteiger partial charge in [0.05, 0.1) is 24.1 Å². The predicted molar refractivity (Wildman–Crippen MR) is 129 cm³/mol. The van der Waals surface area contributed by atoms with E-state index in [1.54, 1.807) is 19.2 Å². The van der Waals surface area contributed by atoms with Crippen molar-refractivity contribution in [3.8, 4) is 5.75 Å². The molecule has 6 nitrogen and oxygen atoms in total. The Hall–Kier alpha value is -2.22. The standard InChI is InChI=1S/C24H28ClN3O3S/c1-31-18-8-5-16(6-9-18)20(28-11-3-2-4-12-28)15-26-23(29)14-22-24(30)27-19-13-17(25)7-10-21(19)32-22/h5-10,13,20,22H,2-4,11-12,14-15H2,1H3,(H,26,29)(H,27,30). The Labute approximate surface area is 198 Å². The van der Waals surface area contributed by atoms with Crippen LogP contribution in [0.2, 0.25) is 5.02 Å². The Morgan fingerprint density at radius 3 is 2.69 bits per heavy atom. The minimum atomic E-state index is -0.460. The number of anilines is 1. The van der Waals surface area contributed by atoms with Crippen LogP contribution in [0, 0.1) is 0 Å². The first-order valence-electron chi connectivity index (χ1n) is 11.0. The van der Waals surface area contributed by atoms with Crippen LogP contribution in [0.5, 0.6) is 5.75 Å². The van der Waals surface area contributed by atoms with Gasteiger partial charge in [0.1, 0.15) is 5.75 Å². The van der Waals surface area contributed by atoms with E-state index in [1.165, 1.54) is 31.0 Å². The quantitative estimate of drug-likeness (QED) is 0.619. The van der Waals surface area contributed by atoms with Crippen molar-refractivity contribution < 1.29 is 14.3 Å². The molecule has 4 rings (SSSR count). The number of hydrogen-bond acceptors (Lipinski definition) is 5. The first-order chi connectivity index (χ1) is 15.5. The number of methoxy groups -OCH3 is 1. The molecular formula is C24H28ClN3O3S. The lowest BCUT2D eigenvalue weighted by atomic mass is 10.0. The number of piperidine rings is 1. The van der Waals surface area contributed by atoms with Crippen LogP contribution in [-0.4, -0.2) is 48.7 Å². The summed E-state index contributed by atoms with van der Waals surface area (Å²) >= 11 is 7.42. The van der Waals surface area contributed by atoms with E-state index in [0.29, 0.717) is 17.3 Å². The molecule has 0 bridgehead atoms. The van der Waals surface area contributed by atoms with E-state index in [9.17, 15) is 9.59 Å². The van der Waals surface area contributed by atoms with Crippen LogP contribution in [0.25, 0.3) is 0 Å². The monoisotopic (exact) mass is 473 g/mol. The summed E-state index contributed by atoms with van der Waals surface area (Å²) in [5.74, 6) is 0.533. The van der Waals surface area contributed by atoms with Crippen LogP contribution >= 0.6 is 23.4 Å². The highest BCUT2D eigenvalue weighted by molar-refractivity contribution is 8.01. The van der Waals surface area contributed by atoms with Crippen LogP contribution in [-0.2, 0) is 9.59 Å². The van der Waals surface area contributed by atoms with Gasteiger partial charge in [0.2, 0.25) is 11.8 Å². The number of amides is 2. The average Bonchev–Trinajstić information content (AvgIpc) is 2.81. The summed E-state index contributed by atoms with van der Waals surface area (Å²) in [6.45, 7) is 2.55. The maximum atomic E-state index is 12.8. The molecule has 2 aromatic carbocycles. The van der Waals surface area contributed by atoms with E-state index in [1.807, 2.05) is 18.2 Å². The number of carbonyl (C=O) groups excluding carboxylic acids is 2. The van der Waals surface area contributed by atoms with Crippen molar-refractivity contribution in [2.75, 3.05) is 32.1 Å². The molecule has 32 heavy (non-hydrogen) atoms. The van der Waals surface area contributed by atoms with Crippen molar-refractivity contribution in [3.63, 3.8) is 0 Å². The summed E-state index contributed by atoms with van der Waals surface area (Å²) < 4.78 is 5.29. The number of thioether (sulfide) groups is 1. The topological polar surface area (TPSA) is 70.7 Å².